The SMILES string of the molecule is Cc1cccc(CC2(C#N)CCC2)c1F. The van der Waals surface area contributed by atoms with E-state index in [1.54, 1.807) is 19.1 Å². The molecule has 0 radical (unpaired) electrons. The average molecular weight is 203 g/mol. The van der Waals surface area contributed by atoms with Gasteiger partial charge < -0.3 is 0 Å². The Labute approximate surface area is 89.5 Å². The summed E-state index contributed by atoms with van der Waals surface area (Å²) in [5.41, 5.74) is 1.07. The van der Waals surface area contributed by atoms with Crippen LogP contribution in [0.15, 0.2) is 18.2 Å². The van der Waals surface area contributed by atoms with Crippen LogP contribution in [0.1, 0.15) is 30.4 Å². The van der Waals surface area contributed by atoms with Crippen LogP contribution in [0.25, 0.3) is 0 Å². The number of hydrogen-bond acceptors (Lipinski definition) is 1. The minimum atomic E-state index is -0.283. The first-order valence-corrected chi connectivity index (χ1v) is 5.32. The van der Waals surface area contributed by atoms with Crippen LogP contribution < -0.4 is 0 Å². The molecule has 1 aliphatic rings. The highest BCUT2D eigenvalue weighted by Crippen LogP contribution is 2.43. The van der Waals surface area contributed by atoms with Crippen LogP contribution in [-0.2, 0) is 6.42 Å². The monoisotopic (exact) mass is 203 g/mol. The van der Waals surface area contributed by atoms with E-state index in [1.165, 1.54) is 0 Å². The molecule has 0 unspecified atom stereocenters. The third-order valence-electron chi connectivity index (χ3n) is 3.35. The minimum Gasteiger partial charge on any atom is -0.206 e. The summed E-state index contributed by atoms with van der Waals surface area (Å²) in [5, 5.41) is 9.09. The summed E-state index contributed by atoms with van der Waals surface area (Å²) in [7, 11) is 0. The van der Waals surface area contributed by atoms with Gasteiger partial charge in [0, 0.05) is 0 Å². The van der Waals surface area contributed by atoms with Crippen LogP contribution >= 0.6 is 0 Å². The summed E-state index contributed by atoms with van der Waals surface area (Å²) < 4.78 is 13.7. The fourth-order valence-corrected chi connectivity index (χ4v) is 2.14. The molecule has 0 atom stereocenters. The molecule has 78 valence electrons. The maximum Gasteiger partial charge on any atom is 0.129 e. The summed E-state index contributed by atoms with van der Waals surface area (Å²) in [6.07, 6.45) is 3.49. The molecule has 1 saturated carbocycles. The van der Waals surface area contributed by atoms with E-state index in [-0.39, 0.29) is 11.2 Å². The van der Waals surface area contributed by atoms with Gasteiger partial charge in [0.15, 0.2) is 0 Å². The molecule has 0 saturated heterocycles. The van der Waals surface area contributed by atoms with E-state index in [1.807, 2.05) is 6.07 Å². The van der Waals surface area contributed by atoms with E-state index in [2.05, 4.69) is 6.07 Å². The second-order valence-corrected chi connectivity index (χ2v) is 4.47. The smallest absolute Gasteiger partial charge is 0.129 e. The minimum absolute atomic E-state index is 0.140. The van der Waals surface area contributed by atoms with Crippen molar-refractivity contribution in [1.82, 2.24) is 0 Å². The zero-order valence-corrected chi connectivity index (χ0v) is 8.89. The van der Waals surface area contributed by atoms with Gasteiger partial charge in [-0.2, -0.15) is 5.26 Å². The van der Waals surface area contributed by atoms with E-state index in [9.17, 15) is 4.39 Å². The molecule has 0 spiro atoms. The summed E-state index contributed by atoms with van der Waals surface area (Å²) in [4.78, 5) is 0. The Morgan fingerprint density at radius 1 is 1.47 bits per heavy atom. The van der Waals surface area contributed by atoms with E-state index >= 15 is 0 Å². The molecule has 0 aromatic heterocycles. The van der Waals surface area contributed by atoms with Gasteiger partial charge in [-0.3, -0.25) is 0 Å². The summed E-state index contributed by atoms with van der Waals surface area (Å²) in [6.45, 7) is 1.76. The first kappa shape index (κ1) is 10.2. The molecule has 0 amide bonds. The largest absolute Gasteiger partial charge is 0.206 e. The molecule has 1 aromatic rings. The van der Waals surface area contributed by atoms with Gasteiger partial charge >= 0.3 is 0 Å². The first-order chi connectivity index (χ1) is 7.17. The Bertz CT molecular complexity index is 413. The normalized spacial score (nSPS) is 17.9. The standard InChI is InChI=1S/C13H14FN/c1-10-4-2-5-11(12(10)14)8-13(9-15)6-3-7-13/h2,4-5H,3,6-8H2,1H3. The van der Waals surface area contributed by atoms with Crippen LogP contribution in [0, 0.1) is 29.5 Å². The lowest BCUT2D eigenvalue weighted by molar-refractivity contribution is 0.212. The number of rotatable bonds is 2. The fourth-order valence-electron chi connectivity index (χ4n) is 2.14. The molecule has 0 bridgehead atoms. The van der Waals surface area contributed by atoms with Gasteiger partial charge in [0.05, 0.1) is 11.5 Å². The maximum atomic E-state index is 13.7. The Balaban J connectivity index is 2.25. The van der Waals surface area contributed by atoms with Gasteiger partial charge in [-0.1, -0.05) is 24.6 Å². The second kappa shape index (κ2) is 3.66. The highest BCUT2D eigenvalue weighted by Gasteiger charge is 2.37. The van der Waals surface area contributed by atoms with E-state index in [0.717, 1.165) is 19.3 Å². The molecule has 15 heavy (non-hydrogen) atoms. The molecule has 2 rings (SSSR count). The zero-order chi connectivity index (χ0) is 10.9. The number of nitrogens with zero attached hydrogens (tertiary/aromatic N) is 1. The van der Waals surface area contributed by atoms with E-state index < -0.39 is 0 Å². The molecule has 1 nitrogen and oxygen atoms in total. The number of benzene rings is 1. The van der Waals surface area contributed by atoms with Crippen molar-refractivity contribution in [3.63, 3.8) is 0 Å². The molecule has 2 heteroatoms. The molecule has 1 aliphatic carbocycles. The van der Waals surface area contributed by atoms with Crippen molar-refractivity contribution in [3.05, 3.63) is 35.1 Å². The molecule has 1 aromatic carbocycles. The van der Waals surface area contributed by atoms with Gasteiger partial charge in [0.2, 0.25) is 0 Å². The Kier molecular flexibility index (Phi) is 2.48. The van der Waals surface area contributed by atoms with Crippen LogP contribution in [-0.4, -0.2) is 0 Å². The predicted octanol–water partition coefficient (Wildman–Crippen LogP) is 3.37. The molecular formula is C13H14FN. The van der Waals surface area contributed by atoms with E-state index in [4.69, 9.17) is 5.26 Å². The van der Waals surface area contributed by atoms with Crippen molar-refractivity contribution in [2.45, 2.75) is 32.6 Å². The highest BCUT2D eigenvalue weighted by atomic mass is 19.1. The Morgan fingerprint density at radius 2 is 2.20 bits per heavy atom. The molecule has 1 fully saturated rings. The molecular weight excluding hydrogens is 189 g/mol. The van der Waals surface area contributed by atoms with Crippen molar-refractivity contribution in [2.75, 3.05) is 0 Å². The van der Waals surface area contributed by atoms with Crippen LogP contribution in [0.5, 0.6) is 0 Å². The van der Waals surface area contributed by atoms with Gasteiger partial charge in [-0.05, 0) is 37.3 Å². The van der Waals surface area contributed by atoms with Gasteiger partial charge in [-0.15, -0.1) is 0 Å². The van der Waals surface area contributed by atoms with Crippen molar-refractivity contribution in [1.29, 1.82) is 5.26 Å². The number of nitriles is 1. The summed E-state index contributed by atoms with van der Waals surface area (Å²) in [5.74, 6) is -0.140. The average Bonchev–Trinajstić information content (AvgIpc) is 2.18. The van der Waals surface area contributed by atoms with Crippen LogP contribution in [0.4, 0.5) is 4.39 Å². The lowest BCUT2D eigenvalue weighted by Gasteiger charge is -2.35. The Morgan fingerprint density at radius 3 is 2.73 bits per heavy atom. The predicted molar refractivity (Wildman–Crippen MR) is 56.7 cm³/mol. The van der Waals surface area contributed by atoms with Gasteiger partial charge in [0.1, 0.15) is 5.82 Å². The molecule has 0 aliphatic heterocycles. The maximum absolute atomic E-state index is 13.7. The highest BCUT2D eigenvalue weighted by molar-refractivity contribution is 5.27. The van der Waals surface area contributed by atoms with Crippen molar-refractivity contribution >= 4 is 0 Å². The third kappa shape index (κ3) is 1.74. The van der Waals surface area contributed by atoms with Crippen molar-refractivity contribution in [3.8, 4) is 6.07 Å². The summed E-state index contributed by atoms with van der Waals surface area (Å²) in [6, 6.07) is 7.76. The fraction of sp³-hybridized carbons (Fsp3) is 0.462. The molecule has 0 N–H and O–H groups in total. The zero-order valence-electron chi connectivity index (χ0n) is 8.89. The lowest BCUT2D eigenvalue weighted by atomic mass is 9.66. The van der Waals surface area contributed by atoms with Crippen LogP contribution in [0.3, 0.4) is 0 Å². The van der Waals surface area contributed by atoms with Gasteiger partial charge in [0.25, 0.3) is 0 Å². The Hall–Kier alpha value is -1.36. The lowest BCUT2D eigenvalue weighted by Crippen LogP contribution is -2.30. The first-order valence-electron chi connectivity index (χ1n) is 5.32. The number of hydrogen-bond donors (Lipinski definition) is 0. The topological polar surface area (TPSA) is 23.8 Å². The van der Waals surface area contributed by atoms with Crippen LogP contribution in [0.2, 0.25) is 0 Å². The number of aryl methyl sites for hydroxylation is 1. The summed E-state index contributed by atoms with van der Waals surface area (Å²) >= 11 is 0. The number of halogens is 1. The third-order valence-corrected chi connectivity index (χ3v) is 3.35. The second-order valence-electron chi connectivity index (χ2n) is 4.47. The van der Waals surface area contributed by atoms with Gasteiger partial charge in [-0.25, -0.2) is 4.39 Å². The van der Waals surface area contributed by atoms with E-state index in [0.29, 0.717) is 17.5 Å². The molecule has 0 heterocycles. The van der Waals surface area contributed by atoms with Crippen molar-refractivity contribution in [2.24, 2.45) is 5.41 Å². The van der Waals surface area contributed by atoms with Crippen molar-refractivity contribution < 1.29 is 4.39 Å². The quantitative estimate of drug-likeness (QED) is 0.723.